The molecule has 0 radical (unpaired) electrons. The molecule has 92 valence electrons. The summed E-state index contributed by atoms with van der Waals surface area (Å²) < 4.78 is 4.74. The number of methoxy groups -OCH3 is 1. The molecule has 0 aliphatic heterocycles. The minimum atomic E-state index is -0.354. The van der Waals surface area contributed by atoms with Crippen molar-refractivity contribution in [3.8, 4) is 0 Å². The third-order valence-electron chi connectivity index (χ3n) is 2.90. The number of benzene rings is 2. The van der Waals surface area contributed by atoms with Crippen molar-refractivity contribution in [1.82, 2.24) is 0 Å². The van der Waals surface area contributed by atoms with Crippen molar-refractivity contribution in [2.75, 3.05) is 7.11 Å². The number of ether oxygens (including phenoxy) is 1. The fraction of sp³-hybridized carbons (Fsp3) is 0.200. The number of fused-ring (bicyclic) bond motifs is 1. The van der Waals surface area contributed by atoms with Gasteiger partial charge in [0.2, 0.25) is 0 Å². The first-order valence-corrected chi connectivity index (χ1v) is 5.80. The van der Waals surface area contributed by atoms with Gasteiger partial charge in [0.05, 0.1) is 12.7 Å². The standard InChI is InChI=1S/C15H14O3/c1-18-15(17)13-9-11-5-2-3-7-14(11)12(10-13)6-4-8-16/h2-3,5,7-10H,4,6H2,1H3. The van der Waals surface area contributed by atoms with Crippen molar-refractivity contribution >= 4 is 23.0 Å². The number of hydrogen-bond donors (Lipinski definition) is 0. The quantitative estimate of drug-likeness (QED) is 0.611. The van der Waals surface area contributed by atoms with Crippen LogP contribution in [0, 0.1) is 0 Å². The molecule has 0 heterocycles. The van der Waals surface area contributed by atoms with Crippen molar-refractivity contribution in [2.45, 2.75) is 12.8 Å². The summed E-state index contributed by atoms with van der Waals surface area (Å²) in [5, 5.41) is 2.06. The monoisotopic (exact) mass is 242 g/mol. The van der Waals surface area contributed by atoms with Gasteiger partial charge >= 0.3 is 5.97 Å². The molecule has 0 amide bonds. The molecule has 0 saturated heterocycles. The zero-order valence-electron chi connectivity index (χ0n) is 10.2. The van der Waals surface area contributed by atoms with Crippen LogP contribution >= 0.6 is 0 Å². The Labute approximate surface area is 105 Å². The zero-order chi connectivity index (χ0) is 13.0. The van der Waals surface area contributed by atoms with Crippen LogP contribution in [0.1, 0.15) is 22.3 Å². The van der Waals surface area contributed by atoms with E-state index in [1.165, 1.54) is 7.11 Å². The van der Waals surface area contributed by atoms with Gasteiger partial charge in [0, 0.05) is 6.42 Å². The maximum absolute atomic E-state index is 11.6. The van der Waals surface area contributed by atoms with Crippen LogP contribution in [0.2, 0.25) is 0 Å². The Morgan fingerprint density at radius 2 is 2.06 bits per heavy atom. The van der Waals surface area contributed by atoms with Gasteiger partial charge in [-0.3, -0.25) is 0 Å². The minimum Gasteiger partial charge on any atom is -0.465 e. The number of carbonyl (C=O) groups is 2. The molecule has 2 aromatic carbocycles. The lowest BCUT2D eigenvalue weighted by molar-refractivity contribution is -0.107. The van der Waals surface area contributed by atoms with E-state index in [9.17, 15) is 9.59 Å². The first-order valence-electron chi connectivity index (χ1n) is 5.80. The Balaban J connectivity index is 2.56. The number of esters is 1. The lowest BCUT2D eigenvalue weighted by Crippen LogP contribution is -2.02. The SMILES string of the molecule is COC(=O)c1cc(CCC=O)c2ccccc2c1. The molecule has 2 aromatic rings. The van der Waals surface area contributed by atoms with E-state index in [-0.39, 0.29) is 5.97 Å². The molecule has 0 aliphatic rings. The Bertz CT molecular complexity index is 587. The minimum absolute atomic E-state index is 0.354. The summed E-state index contributed by atoms with van der Waals surface area (Å²) in [6.07, 6.45) is 1.98. The molecule has 0 aliphatic carbocycles. The van der Waals surface area contributed by atoms with Crippen LogP contribution in [-0.2, 0) is 16.0 Å². The summed E-state index contributed by atoms with van der Waals surface area (Å²) in [7, 11) is 1.36. The summed E-state index contributed by atoms with van der Waals surface area (Å²) >= 11 is 0. The highest BCUT2D eigenvalue weighted by atomic mass is 16.5. The van der Waals surface area contributed by atoms with Crippen LogP contribution in [0.15, 0.2) is 36.4 Å². The van der Waals surface area contributed by atoms with E-state index in [2.05, 4.69) is 0 Å². The van der Waals surface area contributed by atoms with Crippen molar-refractivity contribution in [2.24, 2.45) is 0 Å². The van der Waals surface area contributed by atoms with Gasteiger partial charge in [-0.05, 0) is 34.9 Å². The summed E-state index contributed by atoms with van der Waals surface area (Å²) in [6, 6.07) is 11.4. The molecule has 3 nitrogen and oxygen atoms in total. The lowest BCUT2D eigenvalue weighted by Gasteiger charge is -2.08. The molecule has 0 spiro atoms. The fourth-order valence-corrected chi connectivity index (χ4v) is 2.05. The molecular formula is C15H14O3. The maximum Gasteiger partial charge on any atom is 0.337 e. The van der Waals surface area contributed by atoms with Gasteiger partial charge in [-0.15, -0.1) is 0 Å². The Hall–Kier alpha value is -2.16. The van der Waals surface area contributed by atoms with Crippen LogP contribution in [-0.4, -0.2) is 19.4 Å². The van der Waals surface area contributed by atoms with Gasteiger partial charge in [-0.1, -0.05) is 24.3 Å². The maximum atomic E-state index is 11.6. The number of carbonyl (C=O) groups excluding carboxylic acids is 2. The van der Waals surface area contributed by atoms with Crippen LogP contribution in [0.4, 0.5) is 0 Å². The van der Waals surface area contributed by atoms with Gasteiger partial charge in [-0.25, -0.2) is 4.79 Å². The van der Waals surface area contributed by atoms with Crippen LogP contribution in [0.3, 0.4) is 0 Å². The zero-order valence-corrected chi connectivity index (χ0v) is 10.2. The molecule has 0 atom stereocenters. The lowest BCUT2D eigenvalue weighted by atomic mass is 9.98. The summed E-state index contributed by atoms with van der Waals surface area (Å²) in [5.74, 6) is -0.354. The Kier molecular flexibility index (Phi) is 3.72. The molecule has 3 heteroatoms. The summed E-state index contributed by atoms with van der Waals surface area (Å²) in [4.78, 5) is 22.1. The average molecular weight is 242 g/mol. The third-order valence-corrected chi connectivity index (χ3v) is 2.90. The molecule has 0 bridgehead atoms. The van der Waals surface area contributed by atoms with Gasteiger partial charge < -0.3 is 9.53 Å². The second kappa shape index (κ2) is 5.45. The van der Waals surface area contributed by atoms with Gasteiger partial charge in [0.1, 0.15) is 6.29 Å². The Morgan fingerprint density at radius 1 is 1.28 bits per heavy atom. The first-order chi connectivity index (χ1) is 8.76. The number of aryl methyl sites for hydroxylation is 1. The predicted molar refractivity (Wildman–Crippen MR) is 69.7 cm³/mol. The van der Waals surface area contributed by atoms with E-state index in [1.54, 1.807) is 6.07 Å². The van der Waals surface area contributed by atoms with E-state index in [0.29, 0.717) is 18.4 Å². The molecule has 2 rings (SSSR count). The highest BCUT2D eigenvalue weighted by molar-refractivity contribution is 5.97. The van der Waals surface area contributed by atoms with E-state index in [4.69, 9.17) is 4.74 Å². The molecule has 0 N–H and O–H groups in total. The molecular weight excluding hydrogens is 228 g/mol. The number of aldehydes is 1. The fourth-order valence-electron chi connectivity index (χ4n) is 2.05. The number of rotatable bonds is 4. The normalized spacial score (nSPS) is 10.3. The third kappa shape index (κ3) is 2.40. The molecule has 18 heavy (non-hydrogen) atoms. The van der Waals surface area contributed by atoms with Gasteiger partial charge in [-0.2, -0.15) is 0 Å². The summed E-state index contributed by atoms with van der Waals surface area (Å²) in [5.41, 5.74) is 1.53. The first kappa shape index (κ1) is 12.3. The second-order valence-corrected chi connectivity index (χ2v) is 4.05. The van der Waals surface area contributed by atoms with Crippen molar-refractivity contribution in [3.05, 3.63) is 47.5 Å². The van der Waals surface area contributed by atoms with Gasteiger partial charge in [0.25, 0.3) is 0 Å². The van der Waals surface area contributed by atoms with Crippen LogP contribution < -0.4 is 0 Å². The second-order valence-electron chi connectivity index (χ2n) is 4.05. The highest BCUT2D eigenvalue weighted by Crippen LogP contribution is 2.22. The molecule has 0 unspecified atom stereocenters. The van der Waals surface area contributed by atoms with Crippen LogP contribution in [0.5, 0.6) is 0 Å². The molecule has 0 saturated carbocycles. The highest BCUT2D eigenvalue weighted by Gasteiger charge is 2.09. The summed E-state index contributed by atoms with van der Waals surface area (Å²) in [6.45, 7) is 0. The van der Waals surface area contributed by atoms with Crippen molar-refractivity contribution in [3.63, 3.8) is 0 Å². The van der Waals surface area contributed by atoms with E-state index < -0.39 is 0 Å². The average Bonchev–Trinajstić information content (AvgIpc) is 2.43. The smallest absolute Gasteiger partial charge is 0.337 e. The number of hydrogen-bond acceptors (Lipinski definition) is 3. The van der Waals surface area contributed by atoms with E-state index in [0.717, 1.165) is 22.6 Å². The van der Waals surface area contributed by atoms with Gasteiger partial charge in [0.15, 0.2) is 0 Å². The Morgan fingerprint density at radius 3 is 2.78 bits per heavy atom. The predicted octanol–water partition coefficient (Wildman–Crippen LogP) is 2.76. The molecule has 0 fully saturated rings. The van der Waals surface area contributed by atoms with Crippen LogP contribution in [0.25, 0.3) is 10.8 Å². The van der Waals surface area contributed by atoms with E-state index >= 15 is 0 Å². The largest absolute Gasteiger partial charge is 0.465 e. The topological polar surface area (TPSA) is 43.4 Å². The van der Waals surface area contributed by atoms with Crippen molar-refractivity contribution in [1.29, 1.82) is 0 Å². The van der Waals surface area contributed by atoms with E-state index in [1.807, 2.05) is 30.3 Å². The van der Waals surface area contributed by atoms with Crippen molar-refractivity contribution < 1.29 is 14.3 Å². The molecule has 0 aromatic heterocycles.